The van der Waals surface area contributed by atoms with E-state index in [1.807, 2.05) is 0 Å². The third kappa shape index (κ3) is 4.07. The van der Waals surface area contributed by atoms with E-state index in [1.54, 1.807) is 5.57 Å². The van der Waals surface area contributed by atoms with Gasteiger partial charge < -0.3 is 0 Å². The molecule has 140 valence electrons. The van der Waals surface area contributed by atoms with Gasteiger partial charge in [0.1, 0.15) is 0 Å². The maximum absolute atomic E-state index is 6.06. The van der Waals surface area contributed by atoms with Crippen LogP contribution >= 0.6 is 33.2 Å². The van der Waals surface area contributed by atoms with Crippen molar-refractivity contribution in [1.29, 1.82) is 0 Å². The lowest BCUT2D eigenvalue weighted by atomic mass is 9.83. The summed E-state index contributed by atoms with van der Waals surface area (Å²) >= 11 is 18.2. The molecule has 27 heavy (non-hydrogen) atoms. The number of fused-ring (bicyclic) bond motifs is 2. The summed E-state index contributed by atoms with van der Waals surface area (Å²) in [5.41, 5.74) is 10.2. The molecule has 2 aliphatic carbocycles. The van der Waals surface area contributed by atoms with Crippen molar-refractivity contribution in [2.75, 3.05) is 0 Å². The Morgan fingerprint density at radius 2 is 1.70 bits per heavy atom. The molecule has 0 aliphatic heterocycles. The molecule has 0 aromatic heterocycles. The lowest BCUT2D eigenvalue weighted by Gasteiger charge is -2.20. The minimum atomic E-state index is -2.51. The zero-order valence-electron chi connectivity index (χ0n) is 15.4. The van der Waals surface area contributed by atoms with Gasteiger partial charge in [-0.3, -0.25) is 0 Å². The van der Waals surface area contributed by atoms with E-state index in [4.69, 9.17) is 33.2 Å². The van der Waals surface area contributed by atoms with Gasteiger partial charge in [0, 0.05) is 5.92 Å². The molecule has 0 spiro atoms. The first-order valence-electron chi connectivity index (χ1n) is 9.58. The SMILES string of the molecule is CC1=Cc2ccccc2C1C1=C(CCCC[Si](Cl)(Cl)Cl)Cc2ccccc21. The van der Waals surface area contributed by atoms with Gasteiger partial charge in [-0.2, -0.15) is 0 Å². The molecular weight excluding hydrogens is 411 g/mol. The largest absolute Gasteiger partial charge is 0.341 e. The highest BCUT2D eigenvalue weighted by molar-refractivity contribution is 7.64. The predicted molar refractivity (Wildman–Crippen MR) is 122 cm³/mol. The summed E-state index contributed by atoms with van der Waals surface area (Å²) in [5, 5.41) is 0. The van der Waals surface area contributed by atoms with Crippen LogP contribution in [0.25, 0.3) is 11.6 Å². The Morgan fingerprint density at radius 1 is 0.963 bits per heavy atom. The van der Waals surface area contributed by atoms with E-state index in [-0.39, 0.29) is 0 Å². The average Bonchev–Trinajstić information content (AvgIpc) is 3.14. The maximum Gasteiger partial charge on any atom is 0.341 e. The second kappa shape index (κ2) is 7.79. The zero-order chi connectivity index (χ0) is 19.0. The van der Waals surface area contributed by atoms with Crippen molar-refractivity contribution < 1.29 is 0 Å². The van der Waals surface area contributed by atoms with Gasteiger partial charge in [-0.25, -0.2) is 0 Å². The molecule has 0 bridgehead atoms. The van der Waals surface area contributed by atoms with Gasteiger partial charge in [0.25, 0.3) is 0 Å². The Balaban J connectivity index is 1.66. The van der Waals surface area contributed by atoms with E-state index in [9.17, 15) is 0 Å². The number of hydrogen-bond donors (Lipinski definition) is 0. The summed E-state index contributed by atoms with van der Waals surface area (Å²) in [7, 11) is 0. The summed E-state index contributed by atoms with van der Waals surface area (Å²) in [4.78, 5) is 0. The second-order valence-corrected chi connectivity index (χ2v) is 16.9. The van der Waals surface area contributed by atoms with Crippen LogP contribution in [-0.2, 0) is 6.42 Å². The van der Waals surface area contributed by atoms with E-state index in [2.05, 4.69) is 61.5 Å². The van der Waals surface area contributed by atoms with Crippen LogP contribution in [0.1, 0.15) is 54.4 Å². The predicted octanol–water partition coefficient (Wildman–Crippen LogP) is 8.02. The average molecular weight is 434 g/mol. The Labute approximate surface area is 177 Å². The molecule has 2 aliphatic rings. The molecule has 4 heteroatoms. The minimum absolute atomic E-state index is 0.377. The lowest BCUT2D eigenvalue weighted by Crippen LogP contribution is -2.08. The van der Waals surface area contributed by atoms with E-state index in [0.717, 1.165) is 31.7 Å². The molecular formula is C23H23Cl3Si. The maximum atomic E-state index is 6.06. The third-order valence-electron chi connectivity index (χ3n) is 5.72. The van der Waals surface area contributed by atoms with E-state index in [1.165, 1.54) is 33.4 Å². The first-order chi connectivity index (χ1) is 12.9. The molecule has 0 fully saturated rings. The Kier molecular flexibility index (Phi) is 5.58. The number of allylic oxidation sites excluding steroid dienone is 3. The highest BCUT2D eigenvalue weighted by Gasteiger charge is 2.32. The molecule has 0 amide bonds. The van der Waals surface area contributed by atoms with Gasteiger partial charge >= 0.3 is 6.00 Å². The summed E-state index contributed by atoms with van der Waals surface area (Å²) in [5.74, 6) is 0.377. The fourth-order valence-corrected chi connectivity index (χ4v) is 6.42. The minimum Gasteiger partial charge on any atom is -0.126 e. The van der Waals surface area contributed by atoms with Crippen LogP contribution in [0, 0.1) is 0 Å². The molecule has 0 N–H and O–H groups in total. The molecule has 1 atom stereocenters. The van der Waals surface area contributed by atoms with Crippen molar-refractivity contribution in [1.82, 2.24) is 0 Å². The van der Waals surface area contributed by atoms with Gasteiger partial charge in [-0.1, -0.05) is 72.2 Å². The summed E-state index contributed by atoms with van der Waals surface area (Å²) < 4.78 is 0. The molecule has 2 aromatic rings. The molecule has 0 radical (unpaired) electrons. The molecule has 0 heterocycles. The third-order valence-corrected chi connectivity index (χ3v) is 8.34. The number of hydrogen-bond acceptors (Lipinski definition) is 0. The number of benzene rings is 2. The van der Waals surface area contributed by atoms with Crippen molar-refractivity contribution in [3.05, 3.63) is 81.9 Å². The Hall–Kier alpha value is -0.993. The van der Waals surface area contributed by atoms with Crippen LogP contribution in [0.5, 0.6) is 0 Å². The van der Waals surface area contributed by atoms with Crippen LogP contribution < -0.4 is 0 Å². The molecule has 0 saturated heterocycles. The normalized spacial score (nSPS) is 18.5. The monoisotopic (exact) mass is 432 g/mol. The number of halogens is 3. The van der Waals surface area contributed by atoms with Gasteiger partial charge in [0.05, 0.1) is 0 Å². The van der Waals surface area contributed by atoms with Gasteiger partial charge in [-0.15, -0.1) is 33.2 Å². The lowest BCUT2D eigenvalue weighted by molar-refractivity contribution is 0.772. The van der Waals surface area contributed by atoms with Crippen molar-refractivity contribution in [3.8, 4) is 0 Å². The highest BCUT2D eigenvalue weighted by Crippen LogP contribution is 2.50. The van der Waals surface area contributed by atoms with E-state index in [0.29, 0.717) is 5.92 Å². The summed E-state index contributed by atoms with van der Waals surface area (Å²) in [6.45, 7) is 2.27. The first-order valence-corrected chi connectivity index (χ1v) is 14.8. The standard InChI is InChI=1S/C23H23Cl3Si/c1-16-14-17-8-2-4-11-20(17)22(16)23-19(10-6-7-13-27(24,25)26)15-18-9-3-5-12-21(18)23/h2-5,8-9,11-12,14,22H,6-7,10,13,15H2,1H3. The Morgan fingerprint density at radius 3 is 2.52 bits per heavy atom. The van der Waals surface area contributed by atoms with Gasteiger partial charge in [0.2, 0.25) is 0 Å². The quantitative estimate of drug-likeness (QED) is 0.246. The highest BCUT2D eigenvalue weighted by atomic mass is 35.8. The topological polar surface area (TPSA) is 0 Å². The number of rotatable bonds is 6. The van der Waals surface area contributed by atoms with E-state index >= 15 is 0 Å². The smallest absolute Gasteiger partial charge is 0.126 e. The van der Waals surface area contributed by atoms with E-state index < -0.39 is 6.00 Å². The zero-order valence-corrected chi connectivity index (χ0v) is 18.7. The molecule has 2 aromatic carbocycles. The first kappa shape index (κ1) is 19.3. The van der Waals surface area contributed by atoms with Crippen LogP contribution in [0.3, 0.4) is 0 Å². The van der Waals surface area contributed by atoms with Crippen molar-refractivity contribution in [3.63, 3.8) is 0 Å². The van der Waals surface area contributed by atoms with Crippen LogP contribution in [0.2, 0.25) is 6.04 Å². The van der Waals surface area contributed by atoms with Gasteiger partial charge in [-0.05, 0) is 60.1 Å². The second-order valence-electron chi connectivity index (χ2n) is 7.62. The van der Waals surface area contributed by atoms with Crippen LogP contribution in [0.4, 0.5) is 0 Å². The van der Waals surface area contributed by atoms with Crippen molar-refractivity contribution in [2.24, 2.45) is 0 Å². The fraction of sp³-hybridized carbons (Fsp3) is 0.304. The van der Waals surface area contributed by atoms with Crippen LogP contribution in [-0.4, -0.2) is 6.00 Å². The molecule has 0 saturated carbocycles. The van der Waals surface area contributed by atoms with Crippen LogP contribution in [0.15, 0.2) is 59.7 Å². The Bertz CT molecular complexity index is 921. The summed E-state index contributed by atoms with van der Waals surface area (Å²) in [6, 6.07) is 15.9. The fourth-order valence-electron chi connectivity index (χ4n) is 4.56. The molecule has 1 unspecified atom stereocenters. The molecule has 0 nitrogen and oxygen atoms in total. The van der Waals surface area contributed by atoms with Crippen molar-refractivity contribution >= 4 is 50.9 Å². The number of unbranched alkanes of at least 4 members (excludes halogenated alkanes) is 1. The van der Waals surface area contributed by atoms with Crippen molar-refractivity contribution in [2.45, 2.75) is 44.6 Å². The molecule has 4 rings (SSSR count). The van der Waals surface area contributed by atoms with Gasteiger partial charge in [0.15, 0.2) is 0 Å². The summed E-state index contributed by atoms with van der Waals surface area (Å²) in [6.07, 6.45) is 6.57.